The zero-order valence-electron chi connectivity index (χ0n) is 16.9. The van der Waals surface area contributed by atoms with Gasteiger partial charge in [0.15, 0.2) is 17.5 Å². The Morgan fingerprint density at radius 3 is 2.37 bits per heavy atom. The number of ether oxygens (including phenoxy) is 1. The molecule has 2 amide bonds. The van der Waals surface area contributed by atoms with Gasteiger partial charge >= 0.3 is 0 Å². The van der Waals surface area contributed by atoms with Gasteiger partial charge in [-0.25, -0.2) is 13.2 Å². The number of nitrogens with one attached hydrogen (secondary N) is 1. The maximum Gasteiger partial charge on any atom is 0.244 e. The number of anilines is 1. The molecule has 0 radical (unpaired) electrons. The van der Waals surface area contributed by atoms with Crippen LogP contribution in [0, 0.1) is 17.5 Å². The molecule has 1 N–H and O–H groups in total. The molecule has 30 heavy (non-hydrogen) atoms. The lowest BCUT2D eigenvalue weighted by molar-refractivity contribution is -0.134. The Kier molecular flexibility index (Phi) is 8.58. The van der Waals surface area contributed by atoms with Gasteiger partial charge in [-0.3, -0.25) is 9.59 Å². The van der Waals surface area contributed by atoms with E-state index in [4.69, 9.17) is 4.74 Å². The molecular formula is C21H23F3N2O3S. The Bertz CT molecular complexity index is 894. The zero-order valence-corrected chi connectivity index (χ0v) is 17.7. The Morgan fingerprint density at radius 1 is 1.10 bits per heavy atom. The van der Waals surface area contributed by atoms with E-state index in [0.29, 0.717) is 18.7 Å². The van der Waals surface area contributed by atoms with Gasteiger partial charge in [0.05, 0.1) is 24.6 Å². The molecule has 2 rings (SSSR count). The second kappa shape index (κ2) is 10.9. The molecule has 2 aromatic rings. The van der Waals surface area contributed by atoms with Gasteiger partial charge in [-0.2, -0.15) is 0 Å². The standard InChI is InChI=1S/C21H23F3N2O3S/c1-4-11-26(12-18(27)25-17-10-9-16(22)19(23)20(17)24)21(28)13(2)30-15-7-5-14(29-3)6-8-15/h5-10,13H,4,11-12H2,1-3H3,(H,25,27). The molecular weight excluding hydrogens is 417 g/mol. The minimum atomic E-state index is -1.67. The molecule has 1 atom stereocenters. The highest BCUT2D eigenvalue weighted by molar-refractivity contribution is 8.00. The van der Waals surface area contributed by atoms with Gasteiger partial charge < -0.3 is 15.0 Å². The summed E-state index contributed by atoms with van der Waals surface area (Å²) in [6.45, 7) is 3.57. The molecule has 0 saturated heterocycles. The number of carbonyl (C=O) groups is 2. The molecule has 0 aromatic heterocycles. The molecule has 0 spiro atoms. The van der Waals surface area contributed by atoms with Crippen LogP contribution in [-0.2, 0) is 9.59 Å². The van der Waals surface area contributed by atoms with E-state index in [1.165, 1.54) is 16.7 Å². The largest absolute Gasteiger partial charge is 0.497 e. The number of methoxy groups -OCH3 is 1. The minimum absolute atomic E-state index is 0.265. The van der Waals surface area contributed by atoms with Crippen molar-refractivity contribution in [2.45, 2.75) is 30.4 Å². The number of thioether (sulfide) groups is 1. The second-order valence-corrected chi connectivity index (χ2v) is 7.88. The first-order valence-corrected chi connectivity index (χ1v) is 10.2. The average molecular weight is 440 g/mol. The molecule has 5 nitrogen and oxygen atoms in total. The number of hydrogen-bond donors (Lipinski definition) is 1. The van der Waals surface area contributed by atoms with Crippen molar-refractivity contribution >= 4 is 29.3 Å². The van der Waals surface area contributed by atoms with Crippen molar-refractivity contribution in [3.05, 3.63) is 53.8 Å². The van der Waals surface area contributed by atoms with Crippen LogP contribution in [0.3, 0.4) is 0 Å². The van der Waals surface area contributed by atoms with Gasteiger partial charge in [0.1, 0.15) is 5.75 Å². The van der Waals surface area contributed by atoms with Crippen molar-refractivity contribution in [3.63, 3.8) is 0 Å². The normalized spacial score (nSPS) is 11.7. The van der Waals surface area contributed by atoms with Crippen molar-refractivity contribution in [1.82, 2.24) is 4.90 Å². The van der Waals surface area contributed by atoms with Crippen molar-refractivity contribution in [2.75, 3.05) is 25.5 Å². The van der Waals surface area contributed by atoms with Crippen LogP contribution in [-0.4, -0.2) is 42.2 Å². The van der Waals surface area contributed by atoms with E-state index in [2.05, 4.69) is 5.32 Å². The smallest absolute Gasteiger partial charge is 0.244 e. The summed E-state index contributed by atoms with van der Waals surface area (Å²) >= 11 is 1.33. The molecule has 1 unspecified atom stereocenters. The number of amides is 2. The number of hydrogen-bond acceptors (Lipinski definition) is 4. The summed E-state index contributed by atoms with van der Waals surface area (Å²) in [6, 6.07) is 8.88. The molecule has 0 heterocycles. The van der Waals surface area contributed by atoms with E-state index in [1.54, 1.807) is 26.2 Å². The lowest BCUT2D eigenvalue weighted by atomic mass is 10.2. The summed E-state index contributed by atoms with van der Waals surface area (Å²) in [5.74, 6) is -4.77. The Balaban J connectivity index is 2.03. The summed E-state index contributed by atoms with van der Waals surface area (Å²) in [5.41, 5.74) is -0.483. The van der Waals surface area contributed by atoms with Gasteiger partial charge in [0.2, 0.25) is 11.8 Å². The van der Waals surface area contributed by atoms with Crippen LogP contribution in [0.4, 0.5) is 18.9 Å². The summed E-state index contributed by atoms with van der Waals surface area (Å²) < 4.78 is 45.2. The van der Waals surface area contributed by atoms with Crippen LogP contribution in [0.25, 0.3) is 0 Å². The number of nitrogens with zero attached hydrogens (tertiary/aromatic N) is 1. The van der Waals surface area contributed by atoms with Gasteiger partial charge in [0.25, 0.3) is 0 Å². The molecule has 0 fully saturated rings. The number of carbonyl (C=O) groups excluding carboxylic acids is 2. The van der Waals surface area contributed by atoms with Gasteiger partial charge in [0, 0.05) is 11.4 Å². The molecule has 9 heteroatoms. The lowest BCUT2D eigenvalue weighted by Crippen LogP contribution is -2.42. The van der Waals surface area contributed by atoms with Crippen LogP contribution >= 0.6 is 11.8 Å². The Hall–Kier alpha value is -2.68. The number of rotatable bonds is 9. The van der Waals surface area contributed by atoms with Crippen molar-refractivity contribution in [3.8, 4) is 5.75 Å². The third-order valence-corrected chi connectivity index (χ3v) is 5.27. The predicted octanol–water partition coefficient (Wildman–Crippen LogP) is 4.47. The number of benzene rings is 2. The van der Waals surface area contributed by atoms with E-state index in [9.17, 15) is 22.8 Å². The van der Waals surface area contributed by atoms with E-state index in [-0.39, 0.29) is 12.5 Å². The van der Waals surface area contributed by atoms with Crippen molar-refractivity contribution in [1.29, 1.82) is 0 Å². The first-order chi connectivity index (χ1) is 14.3. The van der Waals surface area contributed by atoms with E-state index < -0.39 is 34.3 Å². The van der Waals surface area contributed by atoms with E-state index in [0.717, 1.165) is 17.0 Å². The van der Waals surface area contributed by atoms with E-state index in [1.807, 2.05) is 19.1 Å². The summed E-state index contributed by atoms with van der Waals surface area (Å²) in [6.07, 6.45) is 0.610. The fourth-order valence-electron chi connectivity index (χ4n) is 2.69. The fraction of sp³-hybridized carbons (Fsp3) is 0.333. The van der Waals surface area contributed by atoms with Gasteiger partial charge in [-0.1, -0.05) is 6.92 Å². The fourth-order valence-corrected chi connectivity index (χ4v) is 3.64. The average Bonchev–Trinajstić information content (AvgIpc) is 2.73. The Morgan fingerprint density at radius 2 is 1.77 bits per heavy atom. The highest BCUT2D eigenvalue weighted by Gasteiger charge is 2.24. The van der Waals surface area contributed by atoms with Crippen LogP contribution < -0.4 is 10.1 Å². The molecule has 0 saturated carbocycles. The summed E-state index contributed by atoms with van der Waals surface area (Å²) in [4.78, 5) is 27.3. The molecule has 0 aliphatic heterocycles. The van der Waals surface area contributed by atoms with Gasteiger partial charge in [-0.15, -0.1) is 11.8 Å². The molecule has 0 aliphatic rings. The monoisotopic (exact) mass is 440 g/mol. The third kappa shape index (κ3) is 6.16. The molecule has 0 aliphatic carbocycles. The van der Waals surface area contributed by atoms with Crippen LogP contribution in [0.1, 0.15) is 20.3 Å². The van der Waals surface area contributed by atoms with Crippen molar-refractivity contribution < 1.29 is 27.5 Å². The molecule has 162 valence electrons. The van der Waals surface area contributed by atoms with Crippen molar-refractivity contribution in [2.24, 2.45) is 0 Å². The topological polar surface area (TPSA) is 58.6 Å². The first kappa shape index (κ1) is 23.6. The van der Waals surface area contributed by atoms with E-state index >= 15 is 0 Å². The van der Waals surface area contributed by atoms with Crippen LogP contribution in [0.2, 0.25) is 0 Å². The third-order valence-electron chi connectivity index (χ3n) is 4.17. The summed E-state index contributed by atoms with van der Waals surface area (Å²) in [7, 11) is 1.56. The maximum atomic E-state index is 13.8. The predicted molar refractivity (Wildman–Crippen MR) is 110 cm³/mol. The van der Waals surface area contributed by atoms with Crippen LogP contribution in [0.15, 0.2) is 41.3 Å². The quantitative estimate of drug-likeness (QED) is 0.462. The summed E-state index contributed by atoms with van der Waals surface area (Å²) in [5, 5.41) is 1.71. The highest BCUT2D eigenvalue weighted by atomic mass is 32.2. The maximum absolute atomic E-state index is 13.8. The lowest BCUT2D eigenvalue weighted by Gasteiger charge is -2.25. The first-order valence-electron chi connectivity index (χ1n) is 9.29. The Labute approximate surface area is 177 Å². The SMILES string of the molecule is CCCN(CC(=O)Nc1ccc(F)c(F)c1F)C(=O)C(C)Sc1ccc(OC)cc1. The minimum Gasteiger partial charge on any atom is -0.497 e. The highest BCUT2D eigenvalue weighted by Crippen LogP contribution is 2.26. The zero-order chi connectivity index (χ0) is 22.3. The molecule has 2 aromatic carbocycles. The second-order valence-electron chi connectivity index (χ2n) is 6.47. The molecule has 0 bridgehead atoms. The van der Waals surface area contributed by atoms with Crippen LogP contribution in [0.5, 0.6) is 5.75 Å². The van der Waals surface area contributed by atoms with Gasteiger partial charge in [-0.05, 0) is 49.7 Å². The number of halogens is 3.